The monoisotopic (exact) mass is 583 g/mol. The molecule has 0 radical (unpaired) electrons. The van der Waals surface area contributed by atoms with Crippen molar-refractivity contribution in [3.63, 3.8) is 0 Å². The normalized spacial score (nSPS) is 25.5. The molecule has 3 aromatic rings. The summed E-state index contributed by atoms with van der Waals surface area (Å²) in [6.45, 7) is 0. The zero-order valence-corrected chi connectivity index (χ0v) is 25.4. The number of fused-ring (bicyclic) bond motifs is 5. The molecule has 0 amide bonds. The van der Waals surface area contributed by atoms with E-state index in [2.05, 4.69) is 166 Å². The van der Waals surface area contributed by atoms with Crippen molar-refractivity contribution in [2.24, 2.45) is 5.92 Å². The molecule has 0 saturated heterocycles. The fourth-order valence-electron chi connectivity index (χ4n) is 8.33. The molecular weight excluding hydrogens is 546 g/mol. The van der Waals surface area contributed by atoms with E-state index in [-0.39, 0.29) is 0 Å². The minimum Gasteiger partial charge on any atom is -0.337 e. The smallest absolute Gasteiger partial charge is 0.0626 e. The van der Waals surface area contributed by atoms with Gasteiger partial charge in [0.2, 0.25) is 0 Å². The van der Waals surface area contributed by atoms with Crippen LogP contribution >= 0.6 is 0 Å². The van der Waals surface area contributed by atoms with Crippen LogP contribution in [0.3, 0.4) is 0 Å². The van der Waals surface area contributed by atoms with Gasteiger partial charge >= 0.3 is 0 Å². The molecule has 0 N–H and O–H groups in total. The van der Waals surface area contributed by atoms with E-state index in [1.165, 1.54) is 45.4 Å². The first-order valence-electron chi connectivity index (χ1n) is 16.5. The van der Waals surface area contributed by atoms with Crippen molar-refractivity contribution < 1.29 is 0 Å². The fraction of sp³-hybridized carbons (Fsp3) is 0.190. The Bertz CT molecular complexity index is 1880. The first-order chi connectivity index (χ1) is 22.3. The quantitative estimate of drug-likeness (QED) is 0.296. The Morgan fingerprint density at radius 3 is 2.11 bits per heavy atom. The predicted octanol–water partition coefficient (Wildman–Crippen LogP) is 10.0. The first-order valence-corrected chi connectivity index (χ1v) is 16.5. The summed E-state index contributed by atoms with van der Waals surface area (Å²) in [4.78, 5) is 7.58. The van der Waals surface area contributed by atoms with Crippen molar-refractivity contribution in [3.05, 3.63) is 180 Å². The zero-order chi connectivity index (χ0) is 29.7. The number of hydrogen-bond donors (Lipinski definition) is 0. The van der Waals surface area contributed by atoms with Gasteiger partial charge in [-0.3, -0.25) is 0 Å². The lowest BCUT2D eigenvalue weighted by molar-refractivity contribution is 0.658. The molecular formula is C42H37N3. The molecule has 0 aromatic heterocycles. The van der Waals surface area contributed by atoms with Crippen LogP contribution in [0.2, 0.25) is 0 Å². The van der Waals surface area contributed by atoms with Gasteiger partial charge in [-0.05, 0) is 97.5 Å². The number of hydrogen-bond acceptors (Lipinski definition) is 3. The van der Waals surface area contributed by atoms with Crippen LogP contribution in [-0.4, -0.2) is 12.1 Å². The maximum atomic E-state index is 2.58. The van der Waals surface area contributed by atoms with E-state index in [4.69, 9.17) is 0 Å². The van der Waals surface area contributed by atoms with Gasteiger partial charge in [0.25, 0.3) is 0 Å². The third-order valence-electron chi connectivity index (χ3n) is 10.3. The number of benzene rings is 3. The molecule has 6 aliphatic rings. The molecule has 9 rings (SSSR count). The number of para-hydroxylation sites is 2. The van der Waals surface area contributed by atoms with Crippen molar-refractivity contribution in [1.82, 2.24) is 0 Å². The molecule has 220 valence electrons. The largest absolute Gasteiger partial charge is 0.337 e. The van der Waals surface area contributed by atoms with Crippen molar-refractivity contribution in [2.75, 3.05) is 14.7 Å². The second-order valence-corrected chi connectivity index (χ2v) is 12.7. The Balaban J connectivity index is 1.06. The van der Waals surface area contributed by atoms with Gasteiger partial charge in [0, 0.05) is 51.7 Å². The van der Waals surface area contributed by atoms with Crippen molar-refractivity contribution in [3.8, 4) is 0 Å². The fourth-order valence-corrected chi connectivity index (χ4v) is 8.33. The van der Waals surface area contributed by atoms with E-state index in [1.807, 2.05) is 0 Å². The first kappa shape index (κ1) is 26.4. The Labute approximate surface area is 266 Å². The Morgan fingerprint density at radius 1 is 0.600 bits per heavy atom. The maximum absolute atomic E-state index is 2.58. The summed E-state index contributed by atoms with van der Waals surface area (Å²) in [6.07, 6.45) is 32.0. The molecule has 2 heterocycles. The lowest BCUT2D eigenvalue weighted by atomic mass is 9.87. The molecule has 3 nitrogen and oxygen atoms in total. The van der Waals surface area contributed by atoms with Crippen LogP contribution in [0.15, 0.2) is 174 Å². The number of allylic oxidation sites excluding steroid dienone is 10. The van der Waals surface area contributed by atoms with Gasteiger partial charge < -0.3 is 14.7 Å². The van der Waals surface area contributed by atoms with Crippen LogP contribution in [0.1, 0.15) is 37.2 Å². The third kappa shape index (κ3) is 4.33. The van der Waals surface area contributed by atoms with E-state index in [1.54, 1.807) is 5.57 Å². The third-order valence-corrected chi connectivity index (χ3v) is 10.3. The predicted molar refractivity (Wildman–Crippen MR) is 188 cm³/mol. The van der Waals surface area contributed by atoms with E-state index in [0.29, 0.717) is 23.9 Å². The zero-order valence-electron chi connectivity index (χ0n) is 25.4. The van der Waals surface area contributed by atoms with E-state index < -0.39 is 0 Å². The highest BCUT2D eigenvalue weighted by atomic mass is 15.2. The van der Waals surface area contributed by atoms with Crippen LogP contribution < -0.4 is 14.7 Å². The van der Waals surface area contributed by atoms with Crippen LogP contribution in [-0.2, 0) is 0 Å². The highest BCUT2D eigenvalue weighted by Gasteiger charge is 2.40. The topological polar surface area (TPSA) is 9.72 Å². The van der Waals surface area contributed by atoms with Crippen molar-refractivity contribution in [1.29, 1.82) is 0 Å². The van der Waals surface area contributed by atoms with Crippen molar-refractivity contribution in [2.45, 2.75) is 43.7 Å². The van der Waals surface area contributed by atoms with Crippen LogP contribution in [0.25, 0.3) is 0 Å². The summed E-state index contributed by atoms with van der Waals surface area (Å²) in [5.41, 5.74) is 12.1. The minimum absolute atomic E-state index is 0.348. The van der Waals surface area contributed by atoms with Gasteiger partial charge in [0.15, 0.2) is 0 Å². The highest BCUT2D eigenvalue weighted by molar-refractivity contribution is 5.74. The molecule has 0 bridgehead atoms. The molecule has 3 aromatic carbocycles. The lowest BCUT2D eigenvalue weighted by Gasteiger charge is -2.35. The maximum Gasteiger partial charge on any atom is 0.0626 e. The summed E-state index contributed by atoms with van der Waals surface area (Å²) >= 11 is 0. The number of rotatable bonds is 5. The van der Waals surface area contributed by atoms with E-state index >= 15 is 0 Å². The standard InChI is InChI=1S/C42H37N3/c1-2-12-30(13-3-1)43(31-22-26-33(27-23-31)44-39-18-8-4-14-35(39)36-15-5-9-19-40(36)44)32-24-28-34(29-25-32)45-41-20-10-6-16-37(41)38-17-7-11-21-42(38)45/h1-6,8-16,18-22,24-26,28-29,35,37,39,41H,7,17,23,27H2. The molecule has 0 spiro atoms. The molecule has 0 fully saturated rings. The molecule has 4 aliphatic carbocycles. The molecule has 2 aliphatic heterocycles. The molecule has 3 heteroatoms. The second-order valence-electron chi connectivity index (χ2n) is 12.7. The molecule has 4 atom stereocenters. The van der Waals surface area contributed by atoms with Gasteiger partial charge in [0.1, 0.15) is 0 Å². The van der Waals surface area contributed by atoms with Gasteiger partial charge in [-0.2, -0.15) is 0 Å². The Hall–Kier alpha value is -5.02. The van der Waals surface area contributed by atoms with Crippen LogP contribution in [0.4, 0.5) is 22.7 Å². The molecule has 0 saturated carbocycles. The second kappa shape index (κ2) is 10.9. The van der Waals surface area contributed by atoms with Crippen LogP contribution in [0.5, 0.6) is 0 Å². The minimum atomic E-state index is 0.348. The van der Waals surface area contributed by atoms with Crippen LogP contribution in [0, 0.1) is 5.92 Å². The van der Waals surface area contributed by atoms with Gasteiger partial charge in [-0.25, -0.2) is 0 Å². The lowest BCUT2D eigenvalue weighted by Crippen LogP contribution is -2.33. The highest BCUT2D eigenvalue weighted by Crippen LogP contribution is 2.48. The van der Waals surface area contributed by atoms with Gasteiger partial charge in [0.05, 0.1) is 12.1 Å². The summed E-state index contributed by atoms with van der Waals surface area (Å²) < 4.78 is 0. The number of nitrogens with zero attached hydrogens (tertiary/aromatic N) is 3. The molecule has 4 unspecified atom stereocenters. The van der Waals surface area contributed by atoms with E-state index in [9.17, 15) is 0 Å². The summed E-state index contributed by atoms with van der Waals surface area (Å²) in [5.74, 6) is 0.889. The van der Waals surface area contributed by atoms with Crippen molar-refractivity contribution >= 4 is 22.7 Å². The SMILES string of the molecule is C1=CC2C3=C(C=CCC3)N(c3ccc(N(C4=CC=C(N5c6ccccc6C6C=CC=CC65)CC4)c4ccccc4)cc3)C2C=C1. The van der Waals surface area contributed by atoms with Gasteiger partial charge in [-0.1, -0.05) is 91.1 Å². The number of anilines is 4. The summed E-state index contributed by atoms with van der Waals surface area (Å²) in [7, 11) is 0. The average molecular weight is 584 g/mol. The molecule has 45 heavy (non-hydrogen) atoms. The van der Waals surface area contributed by atoms with Gasteiger partial charge in [-0.15, -0.1) is 0 Å². The Morgan fingerprint density at radius 2 is 1.31 bits per heavy atom. The summed E-state index contributed by atoms with van der Waals surface area (Å²) in [6, 6.07) is 29.7. The Kier molecular flexibility index (Phi) is 6.36. The summed E-state index contributed by atoms with van der Waals surface area (Å²) in [5, 5.41) is 0. The van der Waals surface area contributed by atoms with E-state index in [0.717, 1.165) is 25.7 Å². The average Bonchev–Trinajstić information content (AvgIpc) is 3.63.